The lowest BCUT2D eigenvalue weighted by atomic mass is 10.2. The van der Waals surface area contributed by atoms with Crippen molar-refractivity contribution in [1.29, 1.82) is 0 Å². The molecule has 0 atom stereocenters. The number of methoxy groups -OCH3 is 2. The highest BCUT2D eigenvalue weighted by Gasteiger charge is 2.17. The van der Waals surface area contributed by atoms with Gasteiger partial charge in [0.1, 0.15) is 10.8 Å². The molecule has 6 nitrogen and oxygen atoms in total. The summed E-state index contributed by atoms with van der Waals surface area (Å²) in [5.41, 5.74) is 2.52. The van der Waals surface area contributed by atoms with Gasteiger partial charge in [-0.05, 0) is 50.0 Å². The molecule has 0 fully saturated rings. The third-order valence-corrected chi connectivity index (χ3v) is 5.91. The van der Waals surface area contributed by atoms with Crippen LogP contribution in [0, 0.1) is 5.82 Å². The van der Waals surface area contributed by atoms with Crippen molar-refractivity contribution in [2.45, 2.75) is 13.0 Å². The molecular formula is C24H28FN3O3S. The Labute approximate surface area is 192 Å². The summed E-state index contributed by atoms with van der Waals surface area (Å²) < 4.78 is 23.9. The van der Waals surface area contributed by atoms with Gasteiger partial charge in [-0.15, -0.1) is 11.3 Å². The minimum Gasteiger partial charge on any atom is -0.493 e. The number of carbonyl (C=O) groups is 1. The average molecular weight is 458 g/mol. The van der Waals surface area contributed by atoms with Gasteiger partial charge < -0.3 is 19.3 Å². The molecule has 0 saturated carbocycles. The summed E-state index contributed by atoms with van der Waals surface area (Å²) in [6.45, 7) is 1.75. The van der Waals surface area contributed by atoms with Crippen molar-refractivity contribution >= 4 is 17.2 Å². The van der Waals surface area contributed by atoms with Gasteiger partial charge >= 0.3 is 0 Å². The Morgan fingerprint density at radius 3 is 2.41 bits per heavy atom. The first-order chi connectivity index (χ1) is 15.4. The third-order valence-electron chi connectivity index (χ3n) is 4.97. The number of hydrogen-bond acceptors (Lipinski definition) is 6. The Balaban J connectivity index is 1.73. The second-order valence-corrected chi connectivity index (χ2v) is 8.49. The zero-order valence-electron chi connectivity index (χ0n) is 18.8. The molecule has 0 saturated heterocycles. The second-order valence-electron chi connectivity index (χ2n) is 7.64. The molecule has 0 N–H and O–H groups in total. The maximum Gasteiger partial charge on any atom is 0.228 e. The number of hydrogen-bond donors (Lipinski definition) is 0. The largest absolute Gasteiger partial charge is 0.493 e. The summed E-state index contributed by atoms with van der Waals surface area (Å²) >= 11 is 1.48. The summed E-state index contributed by atoms with van der Waals surface area (Å²) in [6, 6.07) is 11.9. The van der Waals surface area contributed by atoms with E-state index in [1.807, 2.05) is 42.6 Å². The summed E-state index contributed by atoms with van der Waals surface area (Å²) in [5.74, 6) is 0.984. The molecule has 0 aliphatic rings. The van der Waals surface area contributed by atoms with Gasteiger partial charge in [0.15, 0.2) is 11.5 Å². The van der Waals surface area contributed by atoms with Gasteiger partial charge in [-0.2, -0.15) is 0 Å². The van der Waals surface area contributed by atoms with E-state index < -0.39 is 0 Å². The number of rotatable bonds is 10. The fourth-order valence-corrected chi connectivity index (χ4v) is 4.00. The molecule has 8 heteroatoms. The van der Waals surface area contributed by atoms with E-state index >= 15 is 0 Å². The van der Waals surface area contributed by atoms with Crippen molar-refractivity contribution in [1.82, 2.24) is 14.8 Å². The minimum atomic E-state index is -0.287. The Hall–Kier alpha value is -2.97. The molecule has 0 aliphatic heterocycles. The van der Waals surface area contributed by atoms with Crippen molar-refractivity contribution in [2.24, 2.45) is 0 Å². The SMILES string of the molecule is COc1ccc(-c2nc(CC(=O)N(CCN(C)C)Cc3ccc(F)cc3)cs2)cc1OC. The van der Waals surface area contributed by atoms with Crippen molar-refractivity contribution < 1.29 is 18.7 Å². The van der Waals surface area contributed by atoms with E-state index in [2.05, 4.69) is 4.98 Å². The zero-order valence-corrected chi connectivity index (χ0v) is 19.6. The van der Waals surface area contributed by atoms with Crippen LogP contribution < -0.4 is 9.47 Å². The van der Waals surface area contributed by atoms with Crippen LogP contribution in [0.4, 0.5) is 4.39 Å². The van der Waals surface area contributed by atoms with Gasteiger partial charge in [0.05, 0.1) is 26.3 Å². The van der Waals surface area contributed by atoms with Gasteiger partial charge in [0.2, 0.25) is 5.91 Å². The smallest absolute Gasteiger partial charge is 0.228 e. The number of likely N-dealkylation sites (N-methyl/N-ethyl adjacent to an activating group) is 1. The normalized spacial score (nSPS) is 10.9. The second kappa shape index (κ2) is 11.1. The third kappa shape index (κ3) is 6.27. The quantitative estimate of drug-likeness (QED) is 0.459. The molecule has 0 aliphatic carbocycles. The molecule has 3 aromatic rings. The number of ether oxygens (including phenoxy) is 2. The van der Waals surface area contributed by atoms with E-state index in [1.165, 1.54) is 23.5 Å². The average Bonchev–Trinajstić information content (AvgIpc) is 3.25. The molecule has 0 unspecified atom stereocenters. The lowest BCUT2D eigenvalue weighted by molar-refractivity contribution is -0.131. The van der Waals surface area contributed by atoms with Crippen LogP contribution in [0.15, 0.2) is 47.8 Å². The van der Waals surface area contributed by atoms with Crippen LogP contribution in [0.1, 0.15) is 11.3 Å². The van der Waals surface area contributed by atoms with Gasteiger partial charge in [0.25, 0.3) is 0 Å². The molecule has 2 aromatic carbocycles. The van der Waals surface area contributed by atoms with Crippen LogP contribution in [0.5, 0.6) is 11.5 Å². The standard InChI is InChI=1S/C24H28FN3O3S/c1-27(2)11-12-28(15-17-5-8-19(25)9-6-17)23(29)14-20-16-32-24(26-20)18-7-10-21(30-3)22(13-18)31-4/h5-10,13,16H,11-12,14-15H2,1-4H3. The minimum absolute atomic E-state index is 0.0136. The van der Waals surface area contributed by atoms with Crippen molar-refractivity contribution in [3.63, 3.8) is 0 Å². The van der Waals surface area contributed by atoms with Crippen LogP contribution >= 0.6 is 11.3 Å². The Morgan fingerprint density at radius 1 is 1.03 bits per heavy atom. The molecule has 170 valence electrons. The fraction of sp³-hybridized carbons (Fsp3) is 0.333. The lowest BCUT2D eigenvalue weighted by Gasteiger charge is -2.24. The van der Waals surface area contributed by atoms with Crippen molar-refractivity contribution in [3.05, 3.63) is 64.9 Å². The first kappa shape index (κ1) is 23.7. The van der Waals surface area contributed by atoms with E-state index in [4.69, 9.17) is 9.47 Å². The highest BCUT2D eigenvalue weighted by Crippen LogP contribution is 2.33. The zero-order chi connectivity index (χ0) is 23.1. The first-order valence-corrected chi connectivity index (χ1v) is 11.1. The Kier molecular flexibility index (Phi) is 8.19. The van der Waals surface area contributed by atoms with E-state index in [0.29, 0.717) is 24.6 Å². The predicted molar refractivity (Wildman–Crippen MR) is 125 cm³/mol. The molecule has 3 rings (SSSR count). The fourth-order valence-electron chi connectivity index (χ4n) is 3.18. The number of nitrogens with zero attached hydrogens (tertiary/aromatic N) is 3. The van der Waals surface area contributed by atoms with E-state index in [9.17, 15) is 9.18 Å². The molecule has 0 spiro atoms. The lowest BCUT2D eigenvalue weighted by Crippen LogP contribution is -2.37. The molecule has 1 heterocycles. The van der Waals surface area contributed by atoms with Gasteiger partial charge in [-0.1, -0.05) is 12.1 Å². The van der Waals surface area contributed by atoms with Crippen molar-refractivity contribution in [2.75, 3.05) is 41.4 Å². The first-order valence-electron chi connectivity index (χ1n) is 10.2. The van der Waals surface area contributed by atoms with Gasteiger partial charge in [-0.3, -0.25) is 4.79 Å². The topological polar surface area (TPSA) is 54.9 Å². The van der Waals surface area contributed by atoms with Crippen molar-refractivity contribution in [3.8, 4) is 22.1 Å². The number of aromatic nitrogens is 1. The molecule has 1 amide bonds. The van der Waals surface area contributed by atoms with Crippen LogP contribution in [0.3, 0.4) is 0 Å². The van der Waals surface area contributed by atoms with Crippen LogP contribution in [0.2, 0.25) is 0 Å². The van der Waals surface area contributed by atoms with Gasteiger partial charge in [0, 0.05) is 30.6 Å². The monoisotopic (exact) mass is 457 g/mol. The maximum atomic E-state index is 13.2. The Morgan fingerprint density at radius 2 is 1.75 bits per heavy atom. The van der Waals surface area contributed by atoms with Gasteiger partial charge in [-0.25, -0.2) is 9.37 Å². The van der Waals surface area contributed by atoms with E-state index in [-0.39, 0.29) is 18.1 Å². The van der Waals surface area contributed by atoms with Crippen LogP contribution in [-0.2, 0) is 17.8 Å². The molecule has 0 radical (unpaired) electrons. The number of benzene rings is 2. The van der Waals surface area contributed by atoms with E-state index in [0.717, 1.165) is 28.4 Å². The summed E-state index contributed by atoms with van der Waals surface area (Å²) in [4.78, 5) is 21.6. The molecule has 32 heavy (non-hydrogen) atoms. The summed E-state index contributed by atoms with van der Waals surface area (Å²) in [5, 5.41) is 2.72. The molecule has 1 aromatic heterocycles. The number of halogens is 1. The maximum absolute atomic E-state index is 13.2. The molecule has 0 bridgehead atoms. The van der Waals surface area contributed by atoms with E-state index in [1.54, 1.807) is 31.3 Å². The highest BCUT2D eigenvalue weighted by atomic mass is 32.1. The number of thiazole rings is 1. The molecular weight excluding hydrogens is 429 g/mol. The van der Waals surface area contributed by atoms with Crippen LogP contribution in [0.25, 0.3) is 10.6 Å². The predicted octanol–water partition coefficient (Wildman–Crippen LogP) is 4.10. The number of carbonyl (C=O) groups excluding carboxylic acids is 1. The Bertz CT molecular complexity index is 1040. The summed E-state index contributed by atoms with van der Waals surface area (Å²) in [6.07, 6.45) is 0.207. The number of amides is 1. The van der Waals surface area contributed by atoms with Crippen LogP contribution in [-0.4, -0.2) is 62.1 Å². The highest BCUT2D eigenvalue weighted by molar-refractivity contribution is 7.13. The summed E-state index contributed by atoms with van der Waals surface area (Å²) in [7, 11) is 7.13.